The molecule has 0 aromatic heterocycles. The summed E-state index contributed by atoms with van der Waals surface area (Å²) in [7, 11) is 0. The van der Waals surface area contributed by atoms with Gasteiger partial charge in [0.15, 0.2) is 0 Å². The fourth-order valence-electron chi connectivity index (χ4n) is 4.79. The fraction of sp³-hybridized carbons (Fsp3) is 0.400. The van der Waals surface area contributed by atoms with Crippen molar-refractivity contribution in [3.63, 3.8) is 0 Å². The molecule has 1 aliphatic heterocycles. The molecule has 0 radical (unpaired) electrons. The second-order valence-corrected chi connectivity index (χ2v) is 9.29. The van der Waals surface area contributed by atoms with Crippen LogP contribution in [0.1, 0.15) is 97.4 Å². The molecule has 3 aromatic carbocycles. The first-order valence-corrected chi connectivity index (χ1v) is 12.7. The first-order valence-electron chi connectivity index (χ1n) is 12.7. The van der Waals surface area contributed by atoms with Crippen LogP contribution >= 0.6 is 0 Å². The Labute approximate surface area is 197 Å². The molecule has 0 spiro atoms. The number of fused-ring (bicyclic) bond motifs is 2. The van der Waals surface area contributed by atoms with Crippen molar-refractivity contribution in [2.24, 2.45) is 0 Å². The van der Waals surface area contributed by atoms with Crippen molar-refractivity contribution < 1.29 is 9.59 Å². The van der Waals surface area contributed by atoms with Crippen molar-refractivity contribution in [2.75, 3.05) is 4.90 Å². The van der Waals surface area contributed by atoms with Crippen LogP contribution in [0.5, 0.6) is 0 Å². The Morgan fingerprint density at radius 3 is 1.61 bits per heavy atom. The number of hydrogen-bond acceptors (Lipinski definition) is 2. The summed E-state index contributed by atoms with van der Waals surface area (Å²) in [6.07, 6.45) is 14.4. The van der Waals surface area contributed by atoms with Gasteiger partial charge in [0.1, 0.15) is 0 Å². The molecule has 1 aliphatic rings. The highest BCUT2D eigenvalue weighted by atomic mass is 16.2. The lowest BCUT2D eigenvalue weighted by molar-refractivity contribution is 0.0926. The number of rotatable bonds is 12. The first-order chi connectivity index (χ1) is 16.2. The third kappa shape index (κ3) is 5.52. The number of imide groups is 1. The van der Waals surface area contributed by atoms with E-state index in [4.69, 9.17) is 0 Å². The summed E-state index contributed by atoms with van der Waals surface area (Å²) in [4.78, 5) is 27.3. The zero-order valence-electron chi connectivity index (χ0n) is 19.8. The summed E-state index contributed by atoms with van der Waals surface area (Å²) < 4.78 is 0. The molecule has 1 heterocycles. The van der Waals surface area contributed by atoms with E-state index in [0.29, 0.717) is 16.8 Å². The van der Waals surface area contributed by atoms with Gasteiger partial charge in [-0.15, -0.1) is 0 Å². The standard InChI is InChI=1S/C30H35NO2/c1-2-3-4-5-6-7-8-9-10-11-14-23-17-19-26(20-18-23)31-29(32)27-21-24-15-12-13-16-25(24)22-28(27)30(31)33/h12-13,15-22H,2-11,14H2,1H3. The molecule has 0 aliphatic carbocycles. The van der Waals surface area contributed by atoms with Crippen molar-refractivity contribution >= 4 is 28.3 Å². The van der Waals surface area contributed by atoms with Crippen LogP contribution in [0, 0.1) is 0 Å². The van der Waals surface area contributed by atoms with Gasteiger partial charge in [-0.05, 0) is 53.4 Å². The highest BCUT2D eigenvalue weighted by molar-refractivity contribution is 6.35. The van der Waals surface area contributed by atoms with E-state index in [0.717, 1.165) is 17.2 Å². The van der Waals surface area contributed by atoms with Gasteiger partial charge in [0.05, 0.1) is 16.8 Å². The topological polar surface area (TPSA) is 37.4 Å². The number of carbonyl (C=O) groups is 2. The average molecular weight is 442 g/mol. The summed E-state index contributed by atoms with van der Waals surface area (Å²) in [6.45, 7) is 2.26. The summed E-state index contributed by atoms with van der Waals surface area (Å²) in [5.74, 6) is -0.466. The molecule has 0 N–H and O–H groups in total. The molecule has 0 unspecified atom stereocenters. The van der Waals surface area contributed by atoms with Crippen LogP contribution in [0.3, 0.4) is 0 Å². The lowest BCUT2D eigenvalue weighted by Gasteiger charge is -2.14. The van der Waals surface area contributed by atoms with Crippen LogP contribution < -0.4 is 4.90 Å². The van der Waals surface area contributed by atoms with E-state index in [1.54, 1.807) is 0 Å². The van der Waals surface area contributed by atoms with E-state index >= 15 is 0 Å². The van der Waals surface area contributed by atoms with Gasteiger partial charge in [0.2, 0.25) is 0 Å². The molecule has 0 saturated heterocycles. The van der Waals surface area contributed by atoms with Crippen molar-refractivity contribution in [3.05, 3.63) is 77.4 Å². The second-order valence-electron chi connectivity index (χ2n) is 9.29. The van der Waals surface area contributed by atoms with Gasteiger partial charge in [-0.2, -0.15) is 0 Å². The van der Waals surface area contributed by atoms with Gasteiger partial charge in [-0.3, -0.25) is 9.59 Å². The molecule has 3 nitrogen and oxygen atoms in total. The summed E-state index contributed by atoms with van der Waals surface area (Å²) in [5, 5.41) is 1.96. The number of nitrogens with zero attached hydrogens (tertiary/aromatic N) is 1. The van der Waals surface area contributed by atoms with Crippen LogP contribution in [0.2, 0.25) is 0 Å². The Morgan fingerprint density at radius 1 is 0.606 bits per heavy atom. The smallest absolute Gasteiger partial charge is 0.266 e. The van der Waals surface area contributed by atoms with Gasteiger partial charge in [-0.25, -0.2) is 4.90 Å². The lowest BCUT2D eigenvalue weighted by Crippen LogP contribution is -2.29. The van der Waals surface area contributed by atoms with E-state index in [2.05, 4.69) is 19.1 Å². The highest BCUT2D eigenvalue weighted by Crippen LogP contribution is 2.31. The molecular formula is C30H35NO2. The molecule has 0 bridgehead atoms. The van der Waals surface area contributed by atoms with E-state index in [1.165, 1.54) is 74.7 Å². The third-order valence-electron chi connectivity index (χ3n) is 6.77. The van der Waals surface area contributed by atoms with Crippen LogP contribution in [0.4, 0.5) is 5.69 Å². The normalized spacial score (nSPS) is 13.2. The van der Waals surface area contributed by atoms with E-state index < -0.39 is 0 Å². The Hall–Kier alpha value is -2.94. The SMILES string of the molecule is CCCCCCCCCCCCc1ccc(N2C(=O)c3cc4ccccc4cc3C2=O)cc1. The van der Waals surface area contributed by atoms with E-state index in [1.807, 2.05) is 48.5 Å². The number of hydrogen-bond donors (Lipinski definition) is 0. The monoisotopic (exact) mass is 441 g/mol. The average Bonchev–Trinajstić information content (AvgIpc) is 3.08. The maximum absolute atomic E-state index is 13.0. The van der Waals surface area contributed by atoms with Crippen molar-refractivity contribution in [1.82, 2.24) is 0 Å². The minimum Gasteiger partial charge on any atom is -0.268 e. The molecule has 0 saturated carbocycles. The van der Waals surface area contributed by atoms with Crippen molar-refractivity contribution in [1.29, 1.82) is 0 Å². The zero-order valence-corrected chi connectivity index (χ0v) is 19.8. The zero-order chi connectivity index (χ0) is 23.0. The Morgan fingerprint density at radius 2 is 1.09 bits per heavy atom. The van der Waals surface area contributed by atoms with Crippen molar-refractivity contribution in [3.8, 4) is 0 Å². The van der Waals surface area contributed by atoms with Gasteiger partial charge in [-0.1, -0.05) is 101 Å². The van der Waals surface area contributed by atoms with E-state index in [9.17, 15) is 9.59 Å². The summed E-state index contributed by atoms with van der Waals surface area (Å²) in [5.41, 5.74) is 2.90. The minimum absolute atomic E-state index is 0.233. The molecular weight excluding hydrogens is 406 g/mol. The molecule has 0 fully saturated rings. The number of benzene rings is 3. The number of unbranched alkanes of at least 4 members (excludes halogenated alkanes) is 9. The molecule has 172 valence electrons. The predicted octanol–water partition coefficient (Wildman–Crippen LogP) is 8.10. The Bertz CT molecular complexity index is 1050. The van der Waals surface area contributed by atoms with Crippen LogP contribution in [-0.2, 0) is 6.42 Å². The van der Waals surface area contributed by atoms with Crippen molar-refractivity contribution in [2.45, 2.75) is 77.6 Å². The Balaban J connectivity index is 1.27. The maximum atomic E-state index is 13.0. The lowest BCUT2D eigenvalue weighted by atomic mass is 10.0. The largest absolute Gasteiger partial charge is 0.268 e. The summed E-state index contributed by atoms with van der Waals surface area (Å²) >= 11 is 0. The summed E-state index contributed by atoms with van der Waals surface area (Å²) in [6, 6.07) is 19.4. The van der Waals surface area contributed by atoms with Gasteiger partial charge in [0.25, 0.3) is 11.8 Å². The highest BCUT2D eigenvalue weighted by Gasteiger charge is 2.36. The quantitative estimate of drug-likeness (QED) is 0.210. The molecule has 3 heteroatoms. The molecule has 33 heavy (non-hydrogen) atoms. The molecule has 0 atom stereocenters. The van der Waals surface area contributed by atoms with Crippen LogP contribution in [0.25, 0.3) is 10.8 Å². The van der Waals surface area contributed by atoms with Crippen LogP contribution in [-0.4, -0.2) is 11.8 Å². The maximum Gasteiger partial charge on any atom is 0.266 e. The number of carbonyl (C=O) groups excluding carboxylic acids is 2. The molecule has 3 aromatic rings. The fourth-order valence-corrected chi connectivity index (χ4v) is 4.79. The third-order valence-corrected chi connectivity index (χ3v) is 6.77. The number of amides is 2. The van der Waals surface area contributed by atoms with Crippen LogP contribution in [0.15, 0.2) is 60.7 Å². The second kappa shape index (κ2) is 11.3. The minimum atomic E-state index is -0.233. The Kier molecular flexibility index (Phi) is 7.93. The van der Waals surface area contributed by atoms with E-state index in [-0.39, 0.29) is 11.8 Å². The molecule has 4 rings (SSSR count). The van der Waals surface area contributed by atoms with Gasteiger partial charge < -0.3 is 0 Å². The van der Waals surface area contributed by atoms with Gasteiger partial charge >= 0.3 is 0 Å². The van der Waals surface area contributed by atoms with Gasteiger partial charge in [0, 0.05) is 0 Å². The number of aryl methyl sites for hydroxylation is 1. The number of anilines is 1. The molecule has 2 amide bonds. The predicted molar refractivity (Wildman–Crippen MR) is 137 cm³/mol. The first kappa shape index (κ1) is 23.2.